The third-order valence-corrected chi connectivity index (χ3v) is 3.81. The quantitative estimate of drug-likeness (QED) is 0.798. The van der Waals surface area contributed by atoms with E-state index >= 15 is 0 Å². The molecule has 0 saturated heterocycles. The van der Waals surface area contributed by atoms with E-state index in [1.165, 1.54) is 0 Å². The van der Waals surface area contributed by atoms with Gasteiger partial charge < -0.3 is 10.4 Å². The molecule has 3 nitrogen and oxygen atoms in total. The fraction of sp³-hybridized carbons (Fsp3) is 0.188. The Bertz CT molecular complexity index is 572. The summed E-state index contributed by atoms with van der Waals surface area (Å²) in [7, 11) is 0. The first-order valence-corrected chi connectivity index (χ1v) is 7.59. The molecule has 0 aromatic heterocycles. The van der Waals surface area contributed by atoms with E-state index < -0.39 is 12.0 Å². The summed E-state index contributed by atoms with van der Waals surface area (Å²) in [6.45, 7) is 0. The molecule has 0 spiro atoms. The van der Waals surface area contributed by atoms with Crippen molar-refractivity contribution in [2.45, 2.75) is 17.4 Å². The lowest BCUT2D eigenvalue weighted by Crippen LogP contribution is -2.31. The van der Waals surface area contributed by atoms with E-state index in [0.717, 1.165) is 16.1 Å². The number of thioether (sulfide) groups is 1. The Balaban J connectivity index is 2.16. The van der Waals surface area contributed by atoms with Crippen LogP contribution in [0.3, 0.4) is 0 Å². The molecule has 0 aliphatic rings. The third-order valence-electron chi connectivity index (χ3n) is 3.02. The van der Waals surface area contributed by atoms with E-state index in [1.807, 2.05) is 60.9 Å². The maximum absolute atomic E-state index is 11.4. The van der Waals surface area contributed by atoms with Gasteiger partial charge in [-0.05, 0) is 24.0 Å². The Morgan fingerprint density at radius 3 is 2.45 bits per heavy atom. The lowest BCUT2D eigenvalue weighted by Gasteiger charge is -2.17. The second kappa shape index (κ2) is 7.01. The molecule has 0 aliphatic heterocycles. The maximum atomic E-state index is 11.4. The monoisotopic (exact) mass is 287 g/mol. The van der Waals surface area contributed by atoms with Gasteiger partial charge in [-0.1, -0.05) is 42.5 Å². The third kappa shape index (κ3) is 3.78. The first kappa shape index (κ1) is 14.5. The number of para-hydroxylation sites is 1. The molecule has 2 aromatic rings. The molecule has 0 saturated carbocycles. The van der Waals surface area contributed by atoms with Gasteiger partial charge in [-0.15, -0.1) is 11.8 Å². The van der Waals surface area contributed by atoms with Crippen LogP contribution in [0.5, 0.6) is 0 Å². The molecule has 0 unspecified atom stereocenters. The highest BCUT2D eigenvalue weighted by Gasteiger charge is 2.18. The van der Waals surface area contributed by atoms with E-state index in [2.05, 4.69) is 5.32 Å². The topological polar surface area (TPSA) is 49.3 Å². The van der Waals surface area contributed by atoms with Crippen LogP contribution in [0.25, 0.3) is 0 Å². The molecule has 4 heteroatoms. The highest BCUT2D eigenvalue weighted by Crippen LogP contribution is 2.25. The van der Waals surface area contributed by atoms with Crippen molar-refractivity contribution in [1.82, 2.24) is 0 Å². The van der Waals surface area contributed by atoms with E-state index in [0.29, 0.717) is 6.42 Å². The van der Waals surface area contributed by atoms with Gasteiger partial charge in [0.05, 0.1) is 0 Å². The molecule has 104 valence electrons. The average Bonchev–Trinajstić information content (AvgIpc) is 2.48. The normalized spacial score (nSPS) is 11.8. The van der Waals surface area contributed by atoms with Crippen molar-refractivity contribution in [3.8, 4) is 0 Å². The minimum atomic E-state index is -0.843. The lowest BCUT2D eigenvalue weighted by atomic mass is 10.1. The predicted molar refractivity (Wildman–Crippen MR) is 83.4 cm³/mol. The van der Waals surface area contributed by atoms with Crippen LogP contribution in [-0.4, -0.2) is 23.4 Å². The van der Waals surface area contributed by atoms with Gasteiger partial charge in [-0.25, -0.2) is 4.79 Å². The smallest absolute Gasteiger partial charge is 0.326 e. The Labute approximate surface area is 123 Å². The second-order valence-electron chi connectivity index (χ2n) is 4.43. The second-order valence-corrected chi connectivity index (χ2v) is 5.27. The van der Waals surface area contributed by atoms with Crippen molar-refractivity contribution < 1.29 is 9.90 Å². The maximum Gasteiger partial charge on any atom is 0.326 e. The first-order valence-electron chi connectivity index (χ1n) is 6.37. The van der Waals surface area contributed by atoms with Crippen molar-refractivity contribution in [3.05, 3.63) is 60.2 Å². The summed E-state index contributed by atoms with van der Waals surface area (Å²) in [4.78, 5) is 12.5. The van der Waals surface area contributed by atoms with Crippen LogP contribution in [0.4, 0.5) is 5.69 Å². The van der Waals surface area contributed by atoms with Gasteiger partial charge in [0.15, 0.2) is 0 Å². The van der Waals surface area contributed by atoms with E-state index in [1.54, 1.807) is 11.8 Å². The van der Waals surface area contributed by atoms with Gasteiger partial charge in [0.2, 0.25) is 0 Å². The van der Waals surface area contributed by atoms with Gasteiger partial charge in [-0.2, -0.15) is 0 Å². The van der Waals surface area contributed by atoms with Gasteiger partial charge in [-0.3, -0.25) is 0 Å². The molecule has 0 bridgehead atoms. The van der Waals surface area contributed by atoms with Crippen LogP contribution in [0.15, 0.2) is 59.5 Å². The fourth-order valence-electron chi connectivity index (χ4n) is 2.00. The molecule has 2 N–H and O–H groups in total. The number of carboxylic acids is 1. The average molecular weight is 287 g/mol. The van der Waals surface area contributed by atoms with Crippen molar-refractivity contribution in [2.24, 2.45) is 0 Å². The minimum Gasteiger partial charge on any atom is -0.480 e. The molecule has 2 aromatic carbocycles. The number of hydrogen-bond acceptors (Lipinski definition) is 3. The van der Waals surface area contributed by atoms with Gasteiger partial charge in [0.25, 0.3) is 0 Å². The number of anilines is 1. The van der Waals surface area contributed by atoms with Crippen molar-refractivity contribution >= 4 is 23.4 Å². The zero-order chi connectivity index (χ0) is 14.4. The molecule has 0 radical (unpaired) electrons. The van der Waals surface area contributed by atoms with Crippen LogP contribution < -0.4 is 5.32 Å². The molecule has 0 aliphatic carbocycles. The number of aliphatic carboxylic acids is 1. The van der Waals surface area contributed by atoms with Gasteiger partial charge >= 0.3 is 5.97 Å². The number of nitrogens with one attached hydrogen (secondary N) is 1. The van der Waals surface area contributed by atoms with Crippen molar-refractivity contribution in [1.29, 1.82) is 0 Å². The predicted octanol–water partition coefficient (Wildman–Crippen LogP) is 3.52. The summed E-state index contributed by atoms with van der Waals surface area (Å²) in [5.41, 5.74) is 1.87. The van der Waals surface area contributed by atoms with Crippen LogP contribution >= 0.6 is 11.8 Å². The minimum absolute atomic E-state index is 0.457. The van der Waals surface area contributed by atoms with Crippen LogP contribution in [0, 0.1) is 0 Å². The highest BCUT2D eigenvalue weighted by molar-refractivity contribution is 7.98. The number of carboxylic acid groups (broad SMARTS) is 1. The molecular weight excluding hydrogens is 270 g/mol. The Kier molecular flexibility index (Phi) is 5.07. The molecule has 1 atom stereocenters. The molecule has 2 rings (SSSR count). The fourth-order valence-corrected chi connectivity index (χ4v) is 2.56. The molecule has 0 amide bonds. The van der Waals surface area contributed by atoms with Crippen molar-refractivity contribution in [3.63, 3.8) is 0 Å². The number of carbonyl (C=O) groups is 1. The van der Waals surface area contributed by atoms with Crippen molar-refractivity contribution in [2.75, 3.05) is 11.6 Å². The van der Waals surface area contributed by atoms with Crippen LogP contribution in [0.2, 0.25) is 0 Å². The van der Waals surface area contributed by atoms with Crippen LogP contribution in [-0.2, 0) is 11.2 Å². The SMILES string of the molecule is CSc1ccccc1N[C@@H](Cc1ccccc1)C(=O)O. The Morgan fingerprint density at radius 2 is 1.80 bits per heavy atom. The zero-order valence-electron chi connectivity index (χ0n) is 11.2. The number of hydrogen-bond donors (Lipinski definition) is 2. The highest BCUT2D eigenvalue weighted by atomic mass is 32.2. The molecular formula is C16H17NO2S. The Morgan fingerprint density at radius 1 is 1.15 bits per heavy atom. The van der Waals surface area contributed by atoms with Gasteiger partial charge in [0, 0.05) is 17.0 Å². The van der Waals surface area contributed by atoms with E-state index in [9.17, 15) is 9.90 Å². The zero-order valence-corrected chi connectivity index (χ0v) is 12.1. The lowest BCUT2D eigenvalue weighted by molar-refractivity contribution is -0.137. The molecule has 0 heterocycles. The summed E-state index contributed by atoms with van der Waals surface area (Å²) in [6.07, 6.45) is 2.44. The van der Waals surface area contributed by atoms with Crippen LogP contribution in [0.1, 0.15) is 5.56 Å². The summed E-state index contributed by atoms with van der Waals surface area (Å²) >= 11 is 1.60. The summed E-state index contributed by atoms with van der Waals surface area (Å²) < 4.78 is 0. The summed E-state index contributed by atoms with van der Waals surface area (Å²) in [5, 5.41) is 12.5. The van der Waals surface area contributed by atoms with E-state index in [4.69, 9.17) is 0 Å². The molecule has 20 heavy (non-hydrogen) atoms. The number of benzene rings is 2. The summed E-state index contributed by atoms with van der Waals surface area (Å²) in [6, 6.07) is 16.8. The standard InChI is InChI=1S/C16H17NO2S/c1-20-15-10-6-5-9-13(15)17-14(16(18)19)11-12-7-3-2-4-8-12/h2-10,14,17H,11H2,1H3,(H,18,19)/t14-/m0/s1. The first-order chi connectivity index (χ1) is 9.70. The largest absolute Gasteiger partial charge is 0.480 e. The van der Waals surface area contributed by atoms with Gasteiger partial charge in [0.1, 0.15) is 6.04 Å². The summed E-state index contributed by atoms with van der Waals surface area (Å²) in [5.74, 6) is -0.843. The Hall–Kier alpha value is -1.94. The van der Waals surface area contributed by atoms with E-state index in [-0.39, 0.29) is 0 Å². The molecule has 0 fully saturated rings. The number of rotatable bonds is 6.